The van der Waals surface area contributed by atoms with E-state index in [1.54, 1.807) is 5.32 Å². The molecule has 0 aromatic rings. The molecule has 0 atom stereocenters. The summed E-state index contributed by atoms with van der Waals surface area (Å²) in [5, 5.41) is 8.20. The first-order valence-corrected chi connectivity index (χ1v) is 1.53. The minimum Gasteiger partial charge on any atom is -0.370 e. The quantitative estimate of drug-likeness (QED) is 0.289. The molecule has 48 valence electrons. The van der Waals surface area contributed by atoms with Gasteiger partial charge in [-0.1, -0.05) is 0 Å². The number of rotatable bonds is 0. The van der Waals surface area contributed by atoms with E-state index in [0.717, 1.165) is 0 Å². The van der Waals surface area contributed by atoms with E-state index < -0.39 is 12.0 Å². The van der Waals surface area contributed by atoms with Gasteiger partial charge in [0, 0.05) is 0 Å². The molecule has 0 aromatic heterocycles. The lowest BCUT2D eigenvalue weighted by atomic mass is 10.9. The maximum atomic E-state index is 9.70. The number of carbonyl (C=O) groups excluding carboxylic acids is 1. The molecule has 0 spiro atoms. The lowest BCUT2D eigenvalue weighted by Crippen LogP contribution is -2.39. The van der Waals surface area contributed by atoms with Crippen molar-refractivity contribution in [3.8, 4) is 0 Å². The average molecular weight is 183 g/mol. The molecule has 2 amide bonds. The van der Waals surface area contributed by atoms with E-state index in [1.165, 1.54) is 0 Å². The summed E-state index contributed by atoms with van der Waals surface area (Å²) in [6.45, 7) is 0. The fourth-order valence-corrected chi connectivity index (χ4v) is 0.133. The largest absolute Gasteiger partial charge is 0.370 e. The van der Waals surface area contributed by atoms with Gasteiger partial charge in [0.25, 0.3) is 0 Å². The first kappa shape index (κ1) is 10.3. The third-order valence-corrected chi connectivity index (χ3v) is 0.258. The SMILES string of the molecule is Br.N=C(N)NC(N)=O. The van der Waals surface area contributed by atoms with E-state index in [1.807, 2.05) is 0 Å². The summed E-state index contributed by atoms with van der Waals surface area (Å²) in [6, 6.07) is -0.812. The predicted molar refractivity (Wildman–Crippen MR) is 35.0 cm³/mol. The van der Waals surface area contributed by atoms with Crippen molar-refractivity contribution in [3.05, 3.63) is 0 Å². The fraction of sp³-hybridized carbons (Fsp3) is 0. The molecule has 0 aliphatic carbocycles. The normalized spacial score (nSPS) is 6.50. The van der Waals surface area contributed by atoms with Crippen LogP contribution in [0.25, 0.3) is 0 Å². The van der Waals surface area contributed by atoms with Gasteiger partial charge in [-0.25, -0.2) is 4.79 Å². The summed E-state index contributed by atoms with van der Waals surface area (Å²) in [5.41, 5.74) is 9.19. The van der Waals surface area contributed by atoms with Crippen LogP contribution in [-0.2, 0) is 0 Å². The lowest BCUT2D eigenvalue weighted by Gasteiger charge is -1.91. The van der Waals surface area contributed by atoms with Gasteiger partial charge < -0.3 is 11.5 Å². The van der Waals surface area contributed by atoms with Gasteiger partial charge in [-0.15, -0.1) is 17.0 Å². The highest BCUT2D eigenvalue weighted by molar-refractivity contribution is 8.93. The highest BCUT2D eigenvalue weighted by Gasteiger charge is 1.88. The van der Waals surface area contributed by atoms with Crippen LogP contribution in [0, 0.1) is 5.41 Å². The van der Waals surface area contributed by atoms with Crippen LogP contribution >= 0.6 is 17.0 Å². The molecule has 0 radical (unpaired) electrons. The van der Waals surface area contributed by atoms with Gasteiger partial charge in [0.05, 0.1) is 0 Å². The summed E-state index contributed by atoms with van der Waals surface area (Å²) in [4.78, 5) is 9.70. The first-order chi connectivity index (χ1) is 3.13. The van der Waals surface area contributed by atoms with Crippen LogP contribution in [0.5, 0.6) is 0 Å². The lowest BCUT2D eigenvalue weighted by molar-refractivity contribution is 0.253. The maximum Gasteiger partial charge on any atom is 0.318 e. The molecule has 0 aliphatic rings. The number of amides is 2. The number of hydrogen-bond acceptors (Lipinski definition) is 2. The van der Waals surface area contributed by atoms with Crippen LogP contribution in [0.1, 0.15) is 0 Å². The summed E-state index contributed by atoms with van der Waals surface area (Å²) in [5.74, 6) is -0.437. The molecule has 8 heavy (non-hydrogen) atoms. The molecule has 5 nitrogen and oxygen atoms in total. The molecule has 0 aromatic carbocycles. The average Bonchev–Trinajstić information content (AvgIpc) is 1.27. The van der Waals surface area contributed by atoms with Crippen molar-refractivity contribution in [3.63, 3.8) is 0 Å². The third-order valence-electron chi connectivity index (χ3n) is 0.258. The van der Waals surface area contributed by atoms with Crippen molar-refractivity contribution in [2.75, 3.05) is 0 Å². The Hall–Kier alpha value is -0.780. The van der Waals surface area contributed by atoms with Gasteiger partial charge in [-0.3, -0.25) is 10.7 Å². The second-order valence-electron chi connectivity index (χ2n) is 0.903. The minimum atomic E-state index is -0.812. The van der Waals surface area contributed by atoms with Gasteiger partial charge in [-0.05, 0) is 0 Å². The Morgan fingerprint density at radius 3 is 1.88 bits per heavy atom. The smallest absolute Gasteiger partial charge is 0.318 e. The molecule has 6 heteroatoms. The molecule has 0 heterocycles. The van der Waals surface area contributed by atoms with Gasteiger partial charge >= 0.3 is 6.03 Å². The standard InChI is InChI=1S/C2H6N4O.BrH/c3-1(4)6-2(5)7;/h(H6,3,4,5,6,7);1H. The number of halogens is 1. The summed E-state index contributed by atoms with van der Waals surface area (Å²) < 4.78 is 0. The number of primary amides is 1. The van der Waals surface area contributed by atoms with Crippen molar-refractivity contribution in [2.24, 2.45) is 11.5 Å². The van der Waals surface area contributed by atoms with E-state index in [9.17, 15) is 4.79 Å². The van der Waals surface area contributed by atoms with Gasteiger partial charge in [-0.2, -0.15) is 0 Å². The van der Waals surface area contributed by atoms with Crippen LogP contribution in [0.2, 0.25) is 0 Å². The van der Waals surface area contributed by atoms with Crippen LogP contribution in [-0.4, -0.2) is 12.0 Å². The molecular weight excluding hydrogens is 176 g/mol. The van der Waals surface area contributed by atoms with E-state index in [2.05, 4.69) is 11.5 Å². The number of nitrogens with two attached hydrogens (primary N) is 2. The van der Waals surface area contributed by atoms with E-state index in [4.69, 9.17) is 5.41 Å². The molecule has 6 N–H and O–H groups in total. The highest BCUT2D eigenvalue weighted by atomic mass is 79.9. The zero-order valence-electron chi connectivity index (χ0n) is 3.97. The third kappa shape index (κ3) is 8.97. The zero-order valence-corrected chi connectivity index (χ0v) is 5.68. The van der Waals surface area contributed by atoms with E-state index in [0.29, 0.717) is 0 Å². The Morgan fingerprint density at radius 2 is 1.88 bits per heavy atom. The molecule has 0 unspecified atom stereocenters. The molecular formula is C2H7BrN4O. The summed E-state index contributed by atoms with van der Waals surface area (Å²) >= 11 is 0. The second-order valence-corrected chi connectivity index (χ2v) is 0.903. The van der Waals surface area contributed by atoms with Crippen LogP contribution < -0.4 is 16.8 Å². The number of urea groups is 1. The molecule has 0 bridgehead atoms. The summed E-state index contributed by atoms with van der Waals surface area (Å²) in [6.07, 6.45) is 0. The Balaban J connectivity index is 0. The zero-order chi connectivity index (χ0) is 5.86. The minimum absolute atomic E-state index is 0. The molecule has 0 saturated heterocycles. The van der Waals surface area contributed by atoms with Gasteiger partial charge in [0.1, 0.15) is 0 Å². The Morgan fingerprint density at radius 1 is 1.50 bits per heavy atom. The highest BCUT2D eigenvalue weighted by Crippen LogP contribution is 1.48. The second kappa shape index (κ2) is 4.38. The Kier molecular flexibility index (Phi) is 5.61. The Labute approximate surface area is 56.7 Å². The van der Waals surface area contributed by atoms with Crippen LogP contribution in [0.3, 0.4) is 0 Å². The predicted octanol–water partition coefficient (Wildman–Crippen LogP) is -0.874. The topological polar surface area (TPSA) is 105 Å². The van der Waals surface area contributed by atoms with Gasteiger partial charge in [0.15, 0.2) is 5.96 Å². The van der Waals surface area contributed by atoms with Gasteiger partial charge in [0.2, 0.25) is 0 Å². The molecule has 0 aliphatic heterocycles. The molecule has 0 saturated carbocycles. The van der Waals surface area contributed by atoms with Crippen molar-refractivity contribution in [1.82, 2.24) is 5.32 Å². The van der Waals surface area contributed by atoms with E-state index in [-0.39, 0.29) is 17.0 Å². The Bertz CT molecular complexity index is 90.2. The van der Waals surface area contributed by atoms with Crippen molar-refractivity contribution in [1.29, 1.82) is 5.41 Å². The first-order valence-electron chi connectivity index (χ1n) is 1.53. The number of guanidine groups is 1. The van der Waals surface area contributed by atoms with Crippen molar-refractivity contribution < 1.29 is 4.79 Å². The van der Waals surface area contributed by atoms with Crippen molar-refractivity contribution >= 4 is 29.0 Å². The van der Waals surface area contributed by atoms with E-state index >= 15 is 0 Å². The molecule has 0 fully saturated rings. The monoisotopic (exact) mass is 182 g/mol. The number of nitrogens with one attached hydrogen (secondary N) is 2. The number of hydrogen-bond donors (Lipinski definition) is 4. The fourth-order valence-electron chi connectivity index (χ4n) is 0.133. The molecule has 0 rings (SSSR count). The number of carbonyl (C=O) groups is 1. The summed E-state index contributed by atoms with van der Waals surface area (Å²) in [7, 11) is 0. The van der Waals surface area contributed by atoms with Crippen molar-refractivity contribution in [2.45, 2.75) is 0 Å². The maximum absolute atomic E-state index is 9.70. The van der Waals surface area contributed by atoms with Crippen LogP contribution in [0.4, 0.5) is 4.79 Å². The van der Waals surface area contributed by atoms with Crippen LogP contribution in [0.15, 0.2) is 0 Å².